The number of ether oxygens (including phenoxy) is 6. The van der Waals surface area contributed by atoms with Gasteiger partial charge in [-0.15, -0.1) is 0 Å². The third kappa shape index (κ3) is 12.7. The Hall–Kier alpha value is -4.66. The van der Waals surface area contributed by atoms with Gasteiger partial charge >= 0.3 is 11.9 Å². The van der Waals surface area contributed by atoms with Crippen molar-refractivity contribution in [1.82, 2.24) is 10.6 Å². The van der Waals surface area contributed by atoms with Crippen LogP contribution < -0.4 is 15.4 Å². The number of rotatable bonds is 13. The Bertz CT molecular complexity index is 1690. The van der Waals surface area contributed by atoms with E-state index in [4.69, 9.17) is 45.6 Å². The Labute approximate surface area is 326 Å². The summed E-state index contributed by atoms with van der Waals surface area (Å²) >= 11 is 6.36. The third-order valence-electron chi connectivity index (χ3n) is 9.38. The van der Waals surface area contributed by atoms with Gasteiger partial charge in [0.05, 0.1) is 24.2 Å². The van der Waals surface area contributed by atoms with Crippen LogP contribution in [0.25, 0.3) is 10.4 Å². The Morgan fingerprint density at radius 3 is 2.45 bits per heavy atom. The molecule has 2 amide bonds. The number of methoxy groups -OCH3 is 2. The van der Waals surface area contributed by atoms with Gasteiger partial charge in [-0.1, -0.05) is 80.0 Å². The van der Waals surface area contributed by atoms with Gasteiger partial charge in [0.1, 0.15) is 24.0 Å². The second-order valence-electron chi connectivity index (χ2n) is 13.9. The summed E-state index contributed by atoms with van der Waals surface area (Å²) in [6.07, 6.45) is 0.235. The molecular formula is C39H50ClN5O10. The van der Waals surface area contributed by atoms with E-state index >= 15 is 0 Å². The highest BCUT2D eigenvalue weighted by molar-refractivity contribution is 6.32. The SMILES string of the molecule is COc1ccc(C[C@H]2NC(=O)/C=C/C[C@@H]([C@H](C)[C@H]3OC(OC)O[C@@H]3c3ccccc3)OC(=O)[C@H](CC(C)C)OC(=O)[C@@H](CCCN=[N+]=[N-])CNC2=O)cc1Cl. The van der Waals surface area contributed by atoms with Gasteiger partial charge in [-0.2, -0.15) is 0 Å². The Morgan fingerprint density at radius 2 is 1.78 bits per heavy atom. The number of hydrogen-bond donors (Lipinski definition) is 2. The first-order valence-electron chi connectivity index (χ1n) is 18.3. The Balaban J connectivity index is 1.69. The van der Waals surface area contributed by atoms with Crippen LogP contribution in [0.1, 0.15) is 63.7 Å². The van der Waals surface area contributed by atoms with Crippen molar-refractivity contribution in [1.29, 1.82) is 0 Å². The number of carbonyl (C=O) groups excluding carboxylic acids is 4. The normalized spacial score (nSPS) is 26.6. The van der Waals surface area contributed by atoms with E-state index in [1.54, 1.807) is 24.3 Å². The maximum absolute atomic E-state index is 14.0. The minimum atomic E-state index is -1.28. The fraction of sp³-hybridized carbons (Fsp3) is 0.538. The molecule has 55 heavy (non-hydrogen) atoms. The van der Waals surface area contributed by atoms with E-state index in [0.29, 0.717) is 22.8 Å². The lowest BCUT2D eigenvalue weighted by molar-refractivity contribution is -0.233. The molecule has 1 saturated heterocycles. The van der Waals surface area contributed by atoms with Gasteiger partial charge in [-0.25, -0.2) is 4.79 Å². The molecule has 2 heterocycles. The first-order valence-corrected chi connectivity index (χ1v) is 18.7. The molecule has 0 spiro atoms. The molecule has 16 heteroatoms. The quantitative estimate of drug-likeness (QED) is 0.0830. The first kappa shape index (κ1) is 43.1. The first-order chi connectivity index (χ1) is 26.4. The summed E-state index contributed by atoms with van der Waals surface area (Å²) in [5, 5.41) is 9.41. The number of cyclic esters (lactones) is 2. The van der Waals surface area contributed by atoms with Crippen molar-refractivity contribution < 1.29 is 47.6 Å². The van der Waals surface area contributed by atoms with Gasteiger partial charge in [-0.3, -0.25) is 14.4 Å². The van der Waals surface area contributed by atoms with Gasteiger partial charge in [0.2, 0.25) is 11.8 Å². The maximum Gasteiger partial charge on any atom is 0.347 e. The molecule has 1 unspecified atom stereocenters. The van der Waals surface area contributed by atoms with Crippen LogP contribution in [0.15, 0.2) is 65.8 Å². The summed E-state index contributed by atoms with van der Waals surface area (Å²) in [5.74, 6) is -3.70. The number of nitrogens with zero attached hydrogens (tertiary/aromatic N) is 3. The molecule has 0 aromatic heterocycles. The van der Waals surface area contributed by atoms with Crippen molar-refractivity contribution in [2.24, 2.45) is 22.9 Å². The van der Waals surface area contributed by atoms with E-state index in [9.17, 15) is 19.2 Å². The summed E-state index contributed by atoms with van der Waals surface area (Å²) < 4.78 is 34.9. The van der Waals surface area contributed by atoms with Crippen molar-refractivity contribution in [2.45, 2.75) is 89.8 Å². The average Bonchev–Trinajstić information content (AvgIpc) is 3.61. The molecule has 2 aromatic rings. The zero-order chi connectivity index (χ0) is 39.9. The molecule has 0 bridgehead atoms. The zero-order valence-corrected chi connectivity index (χ0v) is 32.5. The second kappa shape index (κ2) is 21.4. The zero-order valence-electron chi connectivity index (χ0n) is 31.7. The number of nitrogens with one attached hydrogen (secondary N) is 2. The van der Waals surface area contributed by atoms with Crippen LogP contribution >= 0.6 is 11.6 Å². The van der Waals surface area contributed by atoms with Crippen LogP contribution in [-0.2, 0) is 49.3 Å². The molecule has 0 saturated carbocycles. The van der Waals surface area contributed by atoms with Crippen molar-refractivity contribution in [3.8, 4) is 5.75 Å². The summed E-state index contributed by atoms with van der Waals surface area (Å²) in [5.41, 5.74) is 10.2. The minimum absolute atomic E-state index is 0.0642. The molecule has 0 aliphatic carbocycles. The lowest BCUT2D eigenvalue weighted by Crippen LogP contribution is -2.49. The van der Waals surface area contributed by atoms with Gasteiger partial charge in [0, 0.05) is 43.9 Å². The van der Waals surface area contributed by atoms with Crippen molar-refractivity contribution >= 4 is 35.4 Å². The number of azide groups is 1. The molecule has 4 rings (SSSR count). The van der Waals surface area contributed by atoms with Crippen LogP contribution in [0.4, 0.5) is 0 Å². The van der Waals surface area contributed by atoms with E-state index in [1.807, 2.05) is 51.1 Å². The van der Waals surface area contributed by atoms with Gasteiger partial charge in [0.15, 0.2) is 6.10 Å². The average molecular weight is 784 g/mol. The lowest BCUT2D eigenvalue weighted by Gasteiger charge is -2.31. The summed E-state index contributed by atoms with van der Waals surface area (Å²) in [6, 6.07) is 13.4. The smallest absolute Gasteiger partial charge is 0.347 e. The monoisotopic (exact) mass is 783 g/mol. The van der Waals surface area contributed by atoms with Crippen LogP contribution in [0.3, 0.4) is 0 Å². The number of benzene rings is 2. The highest BCUT2D eigenvalue weighted by atomic mass is 35.5. The van der Waals surface area contributed by atoms with Crippen LogP contribution in [0, 0.1) is 17.8 Å². The van der Waals surface area contributed by atoms with E-state index in [1.165, 1.54) is 20.3 Å². The largest absolute Gasteiger partial charge is 0.495 e. The topological polar surface area (TPSA) is 196 Å². The standard InChI is InChI=1S/C39H50ClN5O10/c1-23(2)19-32-38(49)52-30(24(3)34-35(55-39(51-5)54-34)26-11-7-6-8-12-26)14-9-15-33(46)44-29(21-25-16-17-31(50-4)28(40)20-25)36(47)42-22-27(37(48)53-32)13-10-18-43-45-41/h6-9,11-12,15-17,20,23-24,27,29-30,32,34-35,39H,10,13-14,18-19,21-22H2,1-5H3,(H,42,47)(H,44,46)/b15-9+/t24-,27-,29+,30-,32-,34+,35+,39?/m0/s1. The van der Waals surface area contributed by atoms with Gasteiger partial charge in [-0.05, 0) is 60.0 Å². The van der Waals surface area contributed by atoms with E-state index in [-0.39, 0.29) is 44.7 Å². The highest BCUT2D eigenvalue weighted by Crippen LogP contribution is 2.39. The molecule has 8 atom stereocenters. The van der Waals surface area contributed by atoms with Crippen LogP contribution in [-0.4, -0.2) is 81.9 Å². The molecular weight excluding hydrogens is 734 g/mol. The maximum atomic E-state index is 14.0. The molecule has 1 fully saturated rings. The predicted octanol–water partition coefficient (Wildman–Crippen LogP) is 5.75. The van der Waals surface area contributed by atoms with E-state index in [0.717, 1.165) is 5.56 Å². The number of esters is 2. The van der Waals surface area contributed by atoms with Crippen molar-refractivity contribution in [2.75, 3.05) is 27.3 Å². The Kier molecular flexibility index (Phi) is 16.8. The highest BCUT2D eigenvalue weighted by Gasteiger charge is 2.44. The fourth-order valence-electron chi connectivity index (χ4n) is 6.43. The van der Waals surface area contributed by atoms with Crippen molar-refractivity contribution in [3.63, 3.8) is 0 Å². The minimum Gasteiger partial charge on any atom is -0.495 e. The molecule has 2 aliphatic rings. The molecule has 2 aromatic carbocycles. The molecule has 15 nitrogen and oxygen atoms in total. The number of hydrogen-bond acceptors (Lipinski definition) is 11. The lowest BCUT2D eigenvalue weighted by atomic mass is 9.89. The van der Waals surface area contributed by atoms with Gasteiger partial charge in [0.25, 0.3) is 6.48 Å². The third-order valence-corrected chi connectivity index (χ3v) is 9.68. The summed E-state index contributed by atoms with van der Waals surface area (Å²) in [6.45, 7) is 4.56. The van der Waals surface area contributed by atoms with E-state index < -0.39 is 72.5 Å². The van der Waals surface area contributed by atoms with Gasteiger partial charge < -0.3 is 39.1 Å². The molecule has 298 valence electrons. The fourth-order valence-corrected chi connectivity index (χ4v) is 6.71. The van der Waals surface area contributed by atoms with Crippen LogP contribution in [0.2, 0.25) is 5.02 Å². The molecule has 2 N–H and O–H groups in total. The van der Waals surface area contributed by atoms with Crippen molar-refractivity contribution in [3.05, 3.63) is 87.3 Å². The predicted molar refractivity (Wildman–Crippen MR) is 201 cm³/mol. The number of carbonyl (C=O) groups is 4. The summed E-state index contributed by atoms with van der Waals surface area (Å²) in [7, 11) is 2.94. The molecule has 0 radical (unpaired) electrons. The Morgan fingerprint density at radius 1 is 1.02 bits per heavy atom. The van der Waals surface area contributed by atoms with E-state index in [2.05, 4.69) is 20.7 Å². The number of amides is 2. The second-order valence-corrected chi connectivity index (χ2v) is 14.3. The van der Waals surface area contributed by atoms with Crippen LogP contribution in [0.5, 0.6) is 5.75 Å². The summed E-state index contributed by atoms with van der Waals surface area (Å²) in [4.78, 5) is 57.6. The number of halogens is 1. The molecule has 2 aliphatic heterocycles.